The van der Waals surface area contributed by atoms with Gasteiger partial charge >= 0.3 is 6.18 Å². The molecule has 2 aromatic rings. The number of benzene rings is 2. The highest BCUT2D eigenvalue weighted by Gasteiger charge is 2.30. The molecule has 2 aromatic carbocycles. The molecule has 0 unspecified atom stereocenters. The first-order valence-electron chi connectivity index (χ1n) is 6.39. The van der Waals surface area contributed by atoms with E-state index in [1.165, 1.54) is 10.6 Å². The molecule has 0 spiro atoms. The van der Waals surface area contributed by atoms with Crippen molar-refractivity contribution in [1.82, 2.24) is 0 Å². The lowest BCUT2D eigenvalue weighted by atomic mass is 10.4. The summed E-state index contributed by atoms with van der Waals surface area (Å²) in [5.74, 6) is -3.01. The maximum Gasteiger partial charge on any atom is 0.430 e. The van der Waals surface area contributed by atoms with Crippen LogP contribution in [0.15, 0.2) is 60.7 Å². The van der Waals surface area contributed by atoms with Crippen LogP contribution < -0.4 is 15.7 Å². The van der Waals surface area contributed by atoms with Crippen LogP contribution in [-0.4, -0.2) is 25.5 Å². The largest absolute Gasteiger partial charge is 0.542 e. The first kappa shape index (κ1) is 18.2. The zero-order valence-corrected chi connectivity index (χ0v) is 13.1. The second kappa shape index (κ2) is 7.41. The van der Waals surface area contributed by atoms with Crippen molar-refractivity contribution in [1.29, 1.82) is 0 Å². The van der Waals surface area contributed by atoms with Crippen molar-refractivity contribution in [3.05, 3.63) is 60.7 Å². The fourth-order valence-corrected chi connectivity index (χ4v) is 3.88. The first-order valence-corrected chi connectivity index (χ1v) is 9.07. The fourth-order valence-electron chi connectivity index (χ4n) is 1.75. The maximum absolute atomic E-state index is 10.5. The van der Waals surface area contributed by atoms with Gasteiger partial charge in [-0.05, 0) is 24.3 Å². The SMILES string of the molecule is C[P+](C)(c1ccccc1)c1ccccc1.O=C([O-])C(F)(F)F. The third-order valence-electron chi connectivity index (χ3n) is 3.03. The summed E-state index contributed by atoms with van der Waals surface area (Å²) in [5, 5.41) is 11.7. The summed E-state index contributed by atoms with van der Waals surface area (Å²) in [4.78, 5) is 8.78. The smallest absolute Gasteiger partial charge is 0.430 e. The number of hydrogen-bond acceptors (Lipinski definition) is 2. The Labute approximate surface area is 127 Å². The average Bonchev–Trinajstić information content (AvgIpc) is 2.49. The van der Waals surface area contributed by atoms with Gasteiger partial charge in [0.05, 0.1) is 31.2 Å². The summed E-state index contributed by atoms with van der Waals surface area (Å²) in [7, 11) is -1.15. The fraction of sp³-hybridized carbons (Fsp3) is 0.188. The summed E-state index contributed by atoms with van der Waals surface area (Å²) in [6.07, 6.45) is -5.19. The third kappa shape index (κ3) is 5.15. The monoisotopic (exact) mass is 328 g/mol. The Balaban J connectivity index is 0.000000295. The Hall–Kier alpha value is -1.87. The van der Waals surface area contributed by atoms with Crippen molar-refractivity contribution < 1.29 is 23.1 Å². The van der Waals surface area contributed by atoms with E-state index in [0.29, 0.717) is 0 Å². The van der Waals surface area contributed by atoms with Gasteiger partial charge in [0.1, 0.15) is 5.97 Å². The molecule has 0 aliphatic carbocycles. The van der Waals surface area contributed by atoms with Crippen LogP contribution in [0, 0.1) is 0 Å². The van der Waals surface area contributed by atoms with Gasteiger partial charge in [-0.2, -0.15) is 13.2 Å². The van der Waals surface area contributed by atoms with Crippen LogP contribution >= 0.6 is 7.26 Å². The quantitative estimate of drug-likeness (QED) is 0.793. The first-order chi connectivity index (χ1) is 10.2. The van der Waals surface area contributed by atoms with Crippen molar-refractivity contribution in [3.63, 3.8) is 0 Å². The van der Waals surface area contributed by atoms with Gasteiger partial charge in [-0.3, -0.25) is 0 Å². The lowest BCUT2D eigenvalue weighted by molar-refractivity contribution is -0.344. The number of halogens is 3. The molecule has 0 atom stereocenters. The lowest BCUT2D eigenvalue weighted by Gasteiger charge is -2.17. The Morgan fingerprint density at radius 2 is 1.14 bits per heavy atom. The summed E-state index contributed by atoms with van der Waals surface area (Å²) >= 11 is 0. The van der Waals surface area contributed by atoms with Crippen LogP contribution in [0.4, 0.5) is 13.2 Å². The van der Waals surface area contributed by atoms with E-state index < -0.39 is 19.4 Å². The predicted octanol–water partition coefficient (Wildman–Crippen LogP) is 2.21. The Kier molecular flexibility index (Phi) is 6.12. The molecule has 0 amide bonds. The highest BCUT2D eigenvalue weighted by Crippen LogP contribution is 2.48. The molecule has 0 N–H and O–H groups in total. The molecular weight excluding hydrogens is 312 g/mol. The highest BCUT2D eigenvalue weighted by molar-refractivity contribution is 7.88. The van der Waals surface area contributed by atoms with Crippen molar-refractivity contribution in [2.75, 3.05) is 13.3 Å². The predicted molar refractivity (Wildman–Crippen MR) is 82.0 cm³/mol. The van der Waals surface area contributed by atoms with E-state index in [1.807, 2.05) is 0 Å². The zero-order valence-electron chi connectivity index (χ0n) is 12.2. The van der Waals surface area contributed by atoms with Crippen molar-refractivity contribution in [2.24, 2.45) is 0 Å². The Morgan fingerprint density at radius 3 is 1.36 bits per heavy atom. The normalized spacial score (nSPS) is 11.3. The lowest BCUT2D eigenvalue weighted by Crippen LogP contribution is -2.37. The van der Waals surface area contributed by atoms with Crippen LogP contribution in [0.25, 0.3) is 0 Å². The molecule has 22 heavy (non-hydrogen) atoms. The molecule has 0 aromatic heterocycles. The number of rotatable bonds is 2. The van der Waals surface area contributed by atoms with E-state index in [4.69, 9.17) is 9.90 Å². The second-order valence-corrected chi connectivity index (χ2v) is 8.85. The molecule has 0 saturated heterocycles. The topological polar surface area (TPSA) is 40.1 Å². The number of carbonyl (C=O) groups is 1. The molecule has 2 nitrogen and oxygen atoms in total. The molecular formula is C16H16F3O2P. The van der Waals surface area contributed by atoms with E-state index >= 15 is 0 Å². The van der Waals surface area contributed by atoms with Crippen LogP contribution in [0.5, 0.6) is 0 Å². The van der Waals surface area contributed by atoms with Crippen molar-refractivity contribution in [3.8, 4) is 0 Å². The zero-order chi connectivity index (χ0) is 16.8. The minimum atomic E-state index is -5.19. The molecule has 0 radical (unpaired) electrons. The summed E-state index contributed by atoms with van der Waals surface area (Å²) < 4.78 is 31.5. The van der Waals surface area contributed by atoms with Gasteiger partial charge in [0.25, 0.3) is 0 Å². The number of aliphatic carboxylic acids is 1. The van der Waals surface area contributed by atoms with E-state index in [-0.39, 0.29) is 0 Å². The molecule has 0 aliphatic rings. The van der Waals surface area contributed by atoms with Gasteiger partial charge < -0.3 is 9.90 Å². The van der Waals surface area contributed by atoms with Gasteiger partial charge in [-0.15, -0.1) is 0 Å². The van der Waals surface area contributed by atoms with Crippen LogP contribution in [0.1, 0.15) is 0 Å². The molecule has 2 rings (SSSR count). The van der Waals surface area contributed by atoms with E-state index in [2.05, 4.69) is 74.0 Å². The molecule has 0 bridgehead atoms. The summed E-state index contributed by atoms with van der Waals surface area (Å²) in [6, 6.07) is 21.6. The minimum Gasteiger partial charge on any atom is -0.542 e. The van der Waals surface area contributed by atoms with Crippen LogP contribution in [0.2, 0.25) is 0 Å². The van der Waals surface area contributed by atoms with Crippen molar-refractivity contribution >= 4 is 23.8 Å². The Morgan fingerprint density at radius 1 is 0.864 bits per heavy atom. The summed E-state index contributed by atoms with van der Waals surface area (Å²) in [5.41, 5.74) is 0. The third-order valence-corrected chi connectivity index (χ3v) is 6.21. The minimum absolute atomic E-state index is 1.15. The van der Waals surface area contributed by atoms with Gasteiger partial charge in [0, 0.05) is 0 Å². The Bertz CT molecular complexity index is 554. The van der Waals surface area contributed by atoms with Crippen LogP contribution in [-0.2, 0) is 4.79 Å². The van der Waals surface area contributed by atoms with E-state index in [1.54, 1.807) is 0 Å². The number of alkyl halides is 3. The van der Waals surface area contributed by atoms with E-state index in [9.17, 15) is 13.2 Å². The highest BCUT2D eigenvalue weighted by atomic mass is 31.2. The van der Waals surface area contributed by atoms with Gasteiger partial charge in [0.2, 0.25) is 0 Å². The molecule has 0 heterocycles. The second-order valence-electron chi connectivity index (χ2n) is 4.91. The molecule has 118 valence electrons. The molecule has 0 saturated carbocycles. The number of carbonyl (C=O) groups excluding carboxylic acids is 1. The maximum atomic E-state index is 10.5. The van der Waals surface area contributed by atoms with Gasteiger partial charge in [-0.1, -0.05) is 36.4 Å². The molecule has 0 aliphatic heterocycles. The van der Waals surface area contributed by atoms with E-state index in [0.717, 1.165) is 0 Å². The number of hydrogen-bond donors (Lipinski definition) is 0. The molecule has 0 fully saturated rings. The number of carboxylic acid groups (broad SMARTS) is 1. The van der Waals surface area contributed by atoms with Gasteiger partial charge in [-0.25, -0.2) is 0 Å². The standard InChI is InChI=1S/C14H16P.C2HF3O2/c1-15(2,13-9-5-3-6-10-13)14-11-7-4-8-12-14;3-2(4,5)1(6)7/h3-12H,1-2H3;(H,6,7)/q+1;/p-1. The van der Waals surface area contributed by atoms with Crippen LogP contribution in [0.3, 0.4) is 0 Å². The van der Waals surface area contributed by atoms with Gasteiger partial charge in [0.15, 0.2) is 0 Å². The summed E-state index contributed by atoms with van der Waals surface area (Å²) in [6.45, 7) is 4.75. The molecule has 6 heteroatoms. The van der Waals surface area contributed by atoms with Crippen molar-refractivity contribution in [2.45, 2.75) is 6.18 Å². The number of carboxylic acids is 1. The average molecular weight is 328 g/mol.